The van der Waals surface area contributed by atoms with Gasteiger partial charge in [-0.05, 0) is 43.0 Å². The van der Waals surface area contributed by atoms with Crippen LogP contribution < -0.4 is 10.6 Å². The predicted molar refractivity (Wildman–Crippen MR) is 137 cm³/mol. The number of hydrogen-bond acceptors (Lipinski definition) is 6. The van der Waals surface area contributed by atoms with Crippen LogP contribution >= 0.6 is 0 Å². The van der Waals surface area contributed by atoms with E-state index in [0.717, 1.165) is 5.56 Å². The van der Waals surface area contributed by atoms with Crippen LogP contribution in [0.5, 0.6) is 0 Å². The quantitative estimate of drug-likeness (QED) is 0.355. The third-order valence-electron chi connectivity index (χ3n) is 5.99. The number of piperazine rings is 1. The van der Waals surface area contributed by atoms with E-state index in [0.29, 0.717) is 57.5 Å². The number of aromatic nitrogens is 1. The highest BCUT2D eigenvalue weighted by molar-refractivity contribution is 5.94. The minimum atomic E-state index is -0.779. The molecular weight excluding hydrogens is 474 g/mol. The molecule has 0 bridgehead atoms. The average Bonchev–Trinajstić information content (AvgIpc) is 2.95. The molecule has 1 aromatic heterocycles. The first-order valence-electron chi connectivity index (χ1n) is 12.3. The molecule has 2 heterocycles. The van der Waals surface area contributed by atoms with Crippen LogP contribution in [0.3, 0.4) is 0 Å². The van der Waals surface area contributed by atoms with Crippen molar-refractivity contribution in [2.24, 2.45) is 0 Å². The number of unbranched alkanes of at least 4 members (excludes halogenated alkanes) is 1. The van der Waals surface area contributed by atoms with Crippen molar-refractivity contribution in [1.82, 2.24) is 25.4 Å². The topological polar surface area (TPSA) is 121 Å². The third kappa shape index (κ3) is 8.75. The van der Waals surface area contributed by atoms with Gasteiger partial charge in [-0.2, -0.15) is 0 Å². The van der Waals surface area contributed by atoms with Gasteiger partial charge >= 0.3 is 6.09 Å². The lowest BCUT2D eigenvalue weighted by molar-refractivity contribution is -0.135. The summed E-state index contributed by atoms with van der Waals surface area (Å²) < 4.78 is 5.32. The van der Waals surface area contributed by atoms with Gasteiger partial charge in [0, 0.05) is 45.1 Å². The van der Waals surface area contributed by atoms with Gasteiger partial charge in [-0.15, -0.1) is 0 Å². The van der Waals surface area contributed by atoms with Crippen LogP contribution in [-0.4, -0.2) is 77.4 Å². The fourth-order valence-corrected chi connectivity index (χ4v) is 3.94. The van der Waals surface area contributed by atoms with Gasteiger partial charge in [0.05, 0.1) is 5.56 Å². The molecule has 1 unspecified atom stereocenters. The number of amides is 4. The smallest absolute Gasteiger partial charge is 0.408 e. The summed E-state index contributed by atoms with van der Waals surface area (Å²) in [5.41, 5.74) is 1.35. The van der Waals surface area contributed by atoms with Gasteiger partial charge in [0.15, 0.2) is 0 Å². The van der Waals surface area contributed by atoms with E-state index in [2.05, 4.69) is 22.2 Å². The van der Waals surface area contributed by atoms with Gasteiger partial charge in [-0.3, -0.25) is 19.4 Å². The Labute approximate surface area is 216 Å². The summed E-state index contributed by atoms with van der Waals surface area (Å²) in [6.07, 6.45) is 5.29. The Morgan fingerprint density at radius 1 is 1.00 bits per heavy atom. The maximum atomic E-state index is 13.3. The van der Waals surface area contributed by atoms with Gasteiger partial charge in [0.1, 0.15) is 12.6 Å². The summed E-state index contributed by atoms with van der Waals surface area (Å²) in [5.74, 6) is -0.602. The summed E-state index contributed by atoms with van der Waals surface area (Å²) >= 11 is 0. The Morgan fingerprint density at radius 2 is 1.73 bits per heavy atom. The molecule has 2 N–H and O–H groups in total. The van der Waals surface area contributed by atoms with Gasteiger partial charge in [0.25, 0.3) is 5.91 Å². The fraction of sp³-hybridized carbons (Fsp3) is 0.370. The molecule has 0 aliphatic carbocycles. The third-order valence-corrected chi connectivity index (χ3v) is 5.99. The second kappa shape index (κ2) is 14.4. The Balaban J connectivity index is 1.54. The van der Waals surface area contributed by atoms with Crippen molar-refractivity contribution in [3.63, 3.8) is 0 Å². The number of benzene rings is 1. The van der Waals surface area contributed by atoms with E-state index in [9.17, 15) is 19.2 Å². The lowest BCUT2D eigenvalue weighted by atomic mass is 10.1. The van der Waals surface area contributed by atoms with Crippen LogP contribution in [0.2, 0.25) is 0 Å². The number of ether oxygens (including phenoxy) is 1. The van der Waals surface area contributed by atoms with Crippen molar-refractivity contribution in [1.29, 1.82) is 0 Å². The number of nitrogens with zero attached hydrogens (tertiary/aromatic N) is 3. The van der Waals surface area contributed by atoms with Crippen LogP contribution in [0, 0.1) is 0 Å². The fourth-order valence-electron chi connectivity index (χ4n) is 3.94. The summed E-state index contributed by atoms with van der Waals surface area (Å²) in [6.45, 7) is 5.45. The Bertz CT molecular complexity index is 1060. The molecule has 10 heteroatoms. The molecule has 196 valence electrons. The second-order valence-electron chi connectivity index (χ2n) is 8.61. The maximum absolute atomic E-state index is 13.3. The summed E-state index contributed by atoms with van der Waals surface area (Å²) in [7, 11) is 0. The molecule has 0 radical (unpaired) electrons. The number of carbonyl (C=O) groups excluding carboxylic acids is 4. The minimum Gasteiger partial charge on any atom is -0.445 e. The van der Waals surface area contributed by atoms with Crippen LogP contribution in [0.1, 0.15) is 35.2 Å². The Kier molecular flexibility index (Phi) is 10.6. The second-order valence-corrected chi connectivity index (χ2v) is 8.61. The maximum Gasteiger partial charge on any atom is 0.408 e. The van der Waals surface area contributed by atoms with Crippen LogP contribution in [0.25, 0.3) is 0 Å². The molecule has 1 fully saturated rings. The van der Waals surface area contributed by atoms with E-state index >= 15 is 0 Å². The first kappa shape index (κ1) is 27.4. The summed E-state index contributed by atoms with van der Waals surface area (Å²) in [5, 5.41) is 5.41. The monoisotopic (exact) mass is 507 g/mol. The number of hydrogen-bond donors (Lipinski definition) is 2. The van der Waals surface area contributed by atoms with Crippen LogP contribution in [0.4, 0.5) is 4.79 Å². The molecule has 3 rings (SSSR count). The van der Waals surface area contributed by atoms with Crippen molar-refractivity contribution in [3.05, 3.63) is 78.6 Å². The molecule has 10 nitrogen and oxygen atoms in total. The summed E-state index contributed by atoms with van der Waals surface area (Å²) in [6, 6.07) is 11.9. The largest absolute Gasteiger partial charge is 0.445 e. The van der Waals surface area contributed by atoms with E-state index < -0.39 is 12.1 Å². The molecule has 1 aliphatic heterocycles. The van der Waals surface area contributed by atoms with E-state index in [1.165, 1.54) is 12.3 Å². The van der Waals surface area contributed by atoms with E-state index in [1.807, 2.05) is 30.3 Å². The predicted octanol–water partition coefficient (Wildman–Crippen LogP) is 2.13. The molecular formula is C27H33N5O5. The summed E-state index contributed by atoms with van der Waals surface area (Å²) in [4.78, 5) is 57.2. The average molecular weight is 508 g/mol. The molecule has 37 heavy (non-hydrogen) atoms. The van der Waals surface area contributed by atoms with Crippen molar-refractivity contribution in [2.45, 2.75) is 31.9 Å². The number of carbonyl (C=O) groups is 4. The molecule has 1 aromatic carbocycles. The van der Waals surface area contributed by atoms with Gasteiger partial charge in [-0.25, -0.2) is 4.79 Å². The molecule has 1 aliphatic rings. The van der Waals surface area contributed by atoms with E-state index in [-0.39, 0.29) is 24.3 Å². The lowest BCUT2D eigenvalue weighted by Gasteiger charge is -2.36. The number of nitrogens with one attached hydrogen (secondary N) is 2. The first-order valence-corrected chi connectivity index (χ1v) is 12.3. The first-order chi connectivity index (χ1) is 18.0. The number of rotatable bonds is 11. The SMILES string of the molecule is C=CC(=O)NCCCCC(NC(=O)OCc1ccccc1)C(=O)N1CCN(C(=O)c2cccnc2)CC1. The number of pyridine rings is 1. The van der Waals surface area contributed by atoms with Crippen molar-refractivity contribution < 1.29 is 23.9 Å². The molecule has 2 aromatic rings. The van der Waals surface area contributed by atoms with Gasteiger partial charge < -0.3 is 25.2 Å². The van der Waals surface area contributed by atoms with Crippen molar-refractivity contribution >= 4 is 23.8 Å². The zero-order chi connectivity index (χ0) is 26.5. The van der Waals surface area contributed by atoms with Crippen LogP contribution in [0.15, 0.2) is 67.5 Å². The van der Waals surface area contributed by atoms with Crippen molar-refractivity contribution in [2.75, 3.05) is 32.7 Å². The highest BCUT2D eigenvalue weighted by Crippen LogP contribution is 2.12. The normalized spacial score (nSPS) is 13.8. The van der Waals surface area contributed by atoms with E-state index in [4.69, 9.17) is 4.74 Å². The molecule has 0 spiro atoms. The van der Waals surface area contributed by atoms with Crippen LogP contribution in [-0.2, 0) is 20.9 Å². The lowest BCUT2D eigenvalue weighted by Crippen LogP contribution is -2.55. The standard InChI is InChI=1S/C27H33N5O5/c1-2-24(33)29-14-7-6-12-23(30-27(36)37-20-21-9-4-3-5-10-21)26(35)32-17-15-31(16-18-32)25(34)22-11-8-13-28-19-22/h2-5,8-11,13,19,23H,1,6-7,12,14-18,20H2,(H,29,33)(H,30,36). The van der Waals surface area contributed by atoms with Gasteiger partial charge in [-0.1, -0.05) is 36.9 Å². The highest BCUT2D eigenvalue weighted by Gasteiger charge is 2.30. The van der Waals surface area contributed by atoms with Crippen molar-refractivity contribution in [3.8, 4) is 0 Å². The van der Waals surface area contributed by atoms with E-state index in [1.54, 1.807) is 28.1 Å². The highest BCUT2D eigenvalue weighted by atomic mass is 16.5. The molecule has 0 saturated carbocycles. The van der Waals surface area contributed by atoms with Gasteiger partial charge in [0.2, 0.25) is 11.8 Å². The zero-order valence-electron chi connectivity index (χ0n) is 20.8. The Morgan fingerprint density at radius 3 is 2.41 bits per heavy atom. The Hall–Kier alpha value is -4.21. The number of alkyl carbamates (subject to hydrolysis) is 1. The molecule has 4 amide bonds. The minimum absolute atomic E-state index is 0.0935. The molecule has 1 saturated heterocycles. The zero-order valence-corrected chi connectivity index (χ0v) is 20.8. The molecule has 1 atom stereocenters.